The normalized spacial score (nSPS) is 26.1. The molecule has 1 aromatic rings. The number of nitrogens with zero attached hydrogens (tertiary/aromatic N) is 1. The summed E-state index contributed by atoms with van der Waals surface area (Å²) in [5, 5.41) is 0. The molecule has 0 aromatic heterocycles. The Balaban J connectivity index is 1.98. The molecular weight excluding hydrogens is 205 g/mol. The molecule has 5 heteroatoms. The summed E-state index contributed by atoms with van der Waals surface area (Å²) in [6.45, 7) is 0.299. The minimum Gasteiger partial charge on any atom is -0.177 e. The van der Waals surface area contributed by atoms with Crippen LogP contribution in [0.2, 0.25) is 0 Å². The highest BCUT2D eigenvalue weighted by Crippen LogP contribution is 2.26. The molecule has 76 valence electrons. The highest BCUT2D eigenvalue weighted by Gasteiger charge is 2.43. The number of rotatable bonds is 3. The van der Waals surface area contributed by atoms with Gasteiger partial charge in [-0.3, -0.25) is 0 Å². The van der Waals surface area contributed by atoms with E-state index in [1.165, 1.54) is 0 Å². The Labute approximate surface area is 82.5 Å². The zero-order valence-corrected chi connectivity index (χ0v) is 8.24. The van der Waals surface area contributed by atoms with Gasteiger partial charge in [0, 0.05) is 12.6 Å². The molecule has 3 nitrogen and oxygen atoms in total. The maximum Gasteiger partial charge on any atom is 0.375 e. The van der Waals surface area contributed by atoms with Crippen molar-refractivity contribution in [1.82, 2.24) is 4.31 Å². The lowest BCUT2D eigenvalue weighted by Gasteiger charge is -1.98. The van der Waals surface area contributed by atoms with Gasteiger partial charge in [0.25, 0.3) is 0 Å². The van der Waals surface area contributed by atoms with Crippen LogP contribution in [0.15, 0.2) is 30.3 Å². The van der Waals surface area contributed by atoms with Gasteiger partial charge in [-0.2, -0.15) is 12.7 Å². The number of hydrogen-bond donors (Lipinski definition) is 0. The maximum atomic E-state index is 12.4. The number of halogens is 1. The molecule has 1 fully saturated rings. The van der Waals surface area contributed by atoms with Crippen molar-refractivity contribution in [3.05, 3.63) is 35.9 Å². The van der Waals surface area contributed by atoms with Crippen molar-refractivity contribution in [3.8, 4) is 0 Å². The van der Waals surface area contributed by atoms with Gasteiger partial charge in [0.2, 0.25) is 0 Å². The average Bonchev–Trinajstić information content (AvgIpc) is 2.85. The van der Waals surface area contributed by atoms with Gasteiger partial charge < -0.3 is 0 Å². The van der Waals surface area contributed by atoms with Crippen molar-refractivity contribution < 1.29 is 12.3 Å². The topological polar surface area (TPSA) is 37.1 Å². The first-order chi connectivity index (χ1) is 6.57. The summed E-state index contributed by atoms with van der Waals surface area (Å²) in [4.78, 5) is 0. The molecule has 0 amide bonds. The highest BCUT2D eigenvalue weighted by molar-refractivity contribution is 7.84. The van der Waals surface area contributed by atoms with E-state index in [1.807, 2.05) is 30.3 Å². The van der Waals surface area contributed by atoms with Gasteiger partial charge in [-0.15, -0.1) is 0 Å². The zero-order valence-electron chi connectivity index (χ0n) is 7.43. The van der Waals surface area contributed by atoms with Gasteiger partial charge in [-0.05, 0) is 12.0 Å². The second-order valence-corrected chi connectivity index (χ2v) is 4.65. The van der Waals surface area contributed by atoms with Crippen molar-refractivity contribution >= 4 is 10.4 Å². The van der Waals surface area contributed by atoms with Crippen LogP contribution in [0.4, 0.5) is 3.89 Å². The fourth-order valence-corrected chi connectivity index (χ4v) is 2.26. The van der Waals surface area contributed by atoms with E-state index >= 15 is 0 Å². The second kappa shape index (κ2) is 3.33. The van der Waals surface area contributed by atoms with Crippen LogP contribution in [0.5, 0.6) is 0 Å². The monoisotopic (exact) mass is 215 g/mol. The van der Waals surface area contributed by atoms with Crippen LogP contribution in [-0.2, 0) is 16.8 Å². The van der Waals surface area contributed by atoms with Crippen molar-refractivity contribution in [1.29, 1.82) is 0 Å². The molecule has 1 aliphatic rings. The maximum absolute atomic E-state index is 12.4. The lowest BCUT2D eigenvalue weighted by atomic mass is 10.1. The largest absolute Gasteiger partial charge is 0.375 e. The molecule has 1 heterocycles. The van der Waals surface area contributed by atoms with Gasteiger partial charge in [0.1, 0.15) is 0 Å². The summed E-state index contributed by atoms with van der Waals surface area (Å²) in [5.74, 6) is 0. The molecule has 2 unspecified atom stereocenters. The molecule has 0 N–H and O–H groups in total. The average molecular weight is 215 g/mol. The third-order valence-electron chi connectivity index (χ3n) is 2.26. The first-order valence-electron chi connectivity index (χ1n) is 4.33. The molecule has 0 spiro atoms. The Hall–Kier alpha value is -0.940. The van der Waals surface area contributed by atoms with Crippen LogP contribution in [0.25, 0.3) is 0 Å². The van der Waals surface area contributed by atoms with Gasteiger partial charge in [-0.1, -0.05) is 34.2 Å². The summed E-state index contributed by atoms with van der Waals surface area (Å²) in [7, 11) is -4.47. The second-order valence-electron chi connectivity index (χ2n) is 3.36. The van der Waals surface area contributed by atoms with Crippen molar-refractivity contribution in [2.75, 3.05) is 6.54 Å². The molecule has 2 atom stereocenters. The van der Waals surface area contributed by atoms with E-state index in [1.54, 1.807) is 0 Å². The lowest BCUT2D eigenvalue weighted by molar-refractivity contribution is 0.503. The minimum atomic E-state index is -4.47. The smallest absolute Gasteiger partial charge is 0.177 e. The predicted molar refractivity (Wildman–Crippen MR) is 50.7 cm³/mol. The van der Waals surface area contributed by atoms with Crippen LogP contribution < -0.4 is 0 Å². The van der Waals surface area contributed by atoms with Crippen LogP contribution in [0, 0.1) is 0 Å². The first-order valence-corrected chi connectivity index (χ1v) is 5.67. The van der Waals surface area contributed by atoms with Crippen LogP contribution in [-0.4, -0.2) is 25.3 Å². The molecule has 1 aliphatic heterocycles. The van der Waals surface area contributed by atoms with Gasteiger partial charge in [-0.25, -0.2) is 0 Å². The fraction of sp³-hybridized carbons (Fsp3) is 0.333. The summed E-state index contributed by atoms with van der Waals surface area (Å²) in [5.41, 5.74) is 1.03. The standard InChI is InChI=1S/C9H10FNO2S/c10-14(12,13)11-7-9(11)6-8-4-2-1-3-5-8/h1-5,9H,6-7H2. The minimum absolute atomic E-state index is 0.188. The quantitative estimate of drug-likeness (QED) is 0.560. The molecule has 14 heavy (non-hydrogen) atoms. The molecule has 1 aromatic carbocycles. The predicted octanol–water partition coefficient (Wildman–Crippen LogP) is 1.13. The number of benzene rings is 1. The van der Waals surface area contributed by atoms with E-state index in [-0.39, 0.29) is 6.04 Å². The molecule has 1 saturated heterocycles. The third-order valence-corrected chi connectivity index (χ3v) is 3.27. The first kappa shape index (κ1) is 9.61. The summed E-state index contributed by atoms with van der Waals surface area (Å²) >= 11 is 0. The summed E-state index contributed by atoms with van der Waals surface area (Å²) < 4.78 is 34.2. The molecule has 0 saturated carbocycles. The Bertz CT molecular complexity index is 418. The summed E-state index contributed by atoms with van der Waals surface area (Å²) in [6.07, 6.45) is 0.587. The van der Waals surface area contributed by atoms with Crippen LogP contribution in [0.3, 0.4) is 0 Å². The van der Waals surface area contributed by atoms with Crippen molar-refractivity contribution in [3.63, 3.8) is 0 Å². The van der Waals surface area contributed by atoms with Crippen LogP contribution >= 0.6 is 0 Å². The van der Waals surface area contributed by atoms with E-state index < -0.39 is 10.4 Å². The van der Waals surface area contributed by atoms with Crippen molar-refractivity contribution in [2.24, 2.45) is 0 Å². The summed E-state index contributed by atoms with van der Waals surface area (Å²) in [6, 6.07) is 9.27. The SMILES string of the molecule is O=S(=O)(F)N1CC1Cc1ccccc1. The van der Waals surface area contributed by atoms with Gasteiger partial charge in [0.05, 0.1) is 0 Å². The molecule has 0 radical (unpaired) electrons. The van der Waals surface area contributed by atoms with E-state index in [0.717, 1.165) is 9.87 Å². The molecule has 0 bridgehead atoms. The number of hydrogen-bond acceptors (Lipinski definition) is 2. The van der Waals surface area contributed by atoms with Crippen LogP contribution in [0.1, 0.15) is 5.56 Å². The Morgan fingerprint density at radius 1 is 1.36 bits per heavy atom. The Morgan fingerprint density at radius 3 is 2.50 bits per heavy atom. The third kappa shape index (κ3) is 2.10. The van der Waals surface area contributed by atoms with E-state index in [4.69, 9.17) is 0 Å². The van der Waals surface area contributed by atoms with E-state index in [0.29, 0.717) is 13.0 Å². The van der Waals surface area contributed by atoms with Gasteiger partial charge in [0.15, 0.2) is 0 Å². The Kier molecular flexibility index (Phi) is 2.28. The molecule has 2 rings (SSSR count). The Morgan fingerprint density at radius 2 is 2.00 bits per heavy atom. The van der Waals surface area contributed by atoms with Gasteiger partial charge >= 0.3 is 10.4 Å². The van der Waals surface area contributed by atoms with E-state index in [2.05, 4.69) is 0 Å². The molecular formula is C9H10FNO2S. The highest BCUT2D eigenvalue weighted by atomic mass is 32.3. The van der Waals surface area contributed by atoms with E-state index in [9.17, 15) is 12.3 Å². The lowest BCUT2D eigenvalue weighted by Crippen LogP contribution is -2.09. The zero-order chi connectivity index (χ0) is 10.2. The van der Waals surface area contributed by atoms with Crippen molar-refractivity contribution in [2.45, 2.75) is 12.5 Å². The fourth-order valence-electron chi connectivity index (χ4n) is 1.48. The molecule has 0 aliphatic carbocycles.